The van der Waals surface area contributed by atoms with E-state index in [4.69, 9.17) is 53.1 Å². The minimum Gasteiger partial charge on any atom is -0.462 e. The monoisotopic (exact) mass is 954 g/mol. The number of urea groups is 1. The largest absolute Gasteiger partial charge is 0.462 e. The van der Waals surface area contributed by atoms with E-state index in [0.29, 0.717) is 36.8 Å². The number of amides is 2. The Labute approximate surface area is 401 Å². The van der Waals surface area contributed by atoms with Gasteiger partial charge in [0.2, 0.25) is 0 Å². The number of rotatable bonds is 10. The zero-order chi connectivity index (χ0) is 49.1. The van der Waals surface area contributed by atoms with Crippen molar-refractivity contribution in [1.82, 2.24) is 5.43 Å². The molecule has 4 fully saturated rings. The highest BCUT2D eigenvalue weighted by Crippen LogP contribution is 2.47. The number of primary amides is 1. The molecule has 6 aliphatic heterocycles. The van der Waals surface area contributed by atoms with Gasteiger partial charge in [-0.1, -0.05) is 70.6 Å². The highest BCUT2D eigenvalue weighted by molar-refractivity contribution is 5.79. The molecule has 17 nitrogen and oxygen atoms in total. The number of ether oxygens (including phenoxy) is 10. The Hall–Kier alpha value is -3.59. The molecule has 0 radical (unpaired) electrons. The number of aliphatic hydroxyl groups excluding tert-OH is 1. The van der Waals surface area contributed by atoms with E-state index in [0.717, 1.165) is 17.6 Å². The molecule has 0 aromatic carbocycles. The molecule has 2 bridgehead atoms. The van der Waals surface area contributed by atoms with Gasteiger partial charge in [0, 0.05) is 58.0 Å². The number of nitrogens with two attached hydrogens (primary N) is 1. The first-order chi connectivity index (χ1) is 32.4. The molecular weight excluding hydrogens is 879 g/mol. The van der Waals surface area contributed by atoms with Crippen LogP contribution in [0.25, 0.3) is 0 Å². The van der Waals surface area contributed by atoms with Crippen LogP contribution in [-0.2, 0) is 52.2 Å². The second-order valence-corrected chi connectivity index (χ2v) is 19.8. The van der Waals surface area contributed by atoms with E-state index in [2.05, 4.69) is 50.4 Å². The third-order valence-corrected chi connectivity index (χ3v) is 15.0. The van der Waals surface area contributed by atoms with E-state index >= 15 is 0 Å². The van der Waals surface area contributed by atoms with Crippen molar-refractivity contribution < 1.29 is 67.2 Å². The number of nitrogens with one attached hydrogen (secondary N) is 1. The predicted octanol–water partition coefficient (Wildman–Crippen LogP) is 5.60. The number of methoxy groups -OCH3 is 2. The lowest BCUT2D eigenvalue weighted by atomic mass is 9.71. The standard InChI is InChI=1S/C51H75N3O14/c1-11-27(2)45-30(5)17-19-50(68-45)25-36-22-35(67-50)16-15-29(4)44(28(3)13-12-14-34-26-61-47-43(55)31(6)21-38(48(56)64-36)51(34,47)58)65-42-24-40(60-10)46(33(8)63-42)66-41-23-39(59-9)37(32(7)62-41)18-20-53-54-49(52)57/h12-15,17-21,27-28,30,32-33,35-36,38-47,55,58H,11,16,22-26H2,1-10H3,(H3,52,54,57)/b13-12+,29-15+,34-14+,37-18+,53-20+. The fraction of sp³-hybridized carbons (Fsp3) is 0.706. The normalized spacial score (nSPS) is 45.4. The average Bonchev–Trinajstić information content (AvgIpc) is 3.64. The Kier molecular flexibility index (Phi) is 17.1. The number of hydrazone groups is 1. The number of hydrogen-bond donors (Lipinski definition) is 4. The molecule has 2 amide bonds. The minimum atomic E-state index is -1.85. The zero-order valence-electron chi connectivity index (χ0n) is 41.3. The first-order valence-electron chi connectivity index (χ1n) is 24.4. The molecule has 19 atom stereocenters. The minimum absolute atomic E-state index is 0.0200. The van der Waals surface area contributed by atoms with Crippen molar-refractivity contribution in [2.75, 3.05) is 20.8 Å². The van der Waals surface area contributed by atoms with Crippen LogP contribution in [0.1, 0.15) is 93.9 Å². The van der Waals surface area contributed by atoms with Crippen molar-refractivity contribution in [3.63, 3.8) is 0 Å². The van der Waals surface area contributed by atoms with Gasteiger partial charge in [-0.2, -0.15) is 5.10 Å². The van der Waals surface area contributed by atoms with Gasteiger partial charge in [-0.15, -0.1) is 0 Å². The molecule has 1 spiro atoms. The predicted molar refractivity (Wildman–Crippen MR) is 251 cm³/mol. The van der Waals surface area contributed by atoms with Crippen LogP contribution < -0.4 is 11.2 Å². The quantitative estimate of drug-likeness (QED) is 0.0909. The van der Waals surface area contributed by atoms with Gasteiger partial charge >= 0.3 is 12.0 Å². The molecule has 5 N–H and O–H groups in total. The summed E-state index contributed by atoms with van der Waals surface area (Å²) >= 11 is 0. The van der Waals surface area contributed by atoms with Crippen LogP contribution in [0.3, 0.4) is 0 Å². The van der Waals surface area contributed by atoms with E-state index in [1.165, 1.54) is 6.21 Å². The molecule has 17 heteroatoms. The van der Waals surface area contributed by atoms with Crippen LogP contribution in [0.4, 0.5) is 4.79 Å². The van der Waals surface area contributed by atoms with Crippen molar-refractivity contribution in [3.05, 3.63) is 70.9 Å². The number of esters is 1. The number of nitrogens with zero attached hydrogens (tertiary/aromatic N) is 1. The molecular formula is C51H75N3O14. The Morgan fingerprint density at radius 2 is 1.78 bits per heavy atom. The summed E-state index contributed by atoms with van der Waals surface area (Å²) in [7, 11) is 3.26. The molecule has 1 aliphatic carbocycles. The number of aliphatic hydroxyl groups is 2. The molecule has 4 saturated heterocycles. The molecule has 378 valence electrons. The van der Waals surface area contributed by atoms with Crippen LogP contribution in [0.15, 0.2) is 76.0 Å². The molecule has 6 heterocycles. The Morgan fingerprint density at radius 1 is 1.01 bits per heavy atom. The summed E-state index contributed by atoms with van der Waals surface area (Å²) in [4.78, 5) is 25.4. The number of hydrogen-bond acceptors (Lipinski definition) is 15. The van der Waals surface area contributed by atoms with Gasteiger partial charge in [0.1, 0.15) is 35.9 Å². The van der Waals surface area contributed by atoms with E-state index in [1.54, 1.807) is 39.4 Å². The lowest BCUT2D eigenvalue weighted by Gasteiger charge is -2.48. The van der Waals surface area contributed by atoms with Gasteiger partial charge in [0.25, 0.3) is 0 Å². The highest BCUT2D eigenvalue weighted by atomic mass is 16.7. The summed E-state index contributed by atoms with van der Waals surface area (Å²) in [5.74, 6) is -2.64. The van der Waals surface area contributed by atoms with Crippen LogP contribution in [0, 0.1) is 23.7 Å². The fourth-order valence-electron chi connectivity index (χ4n) is 11.0. The van der Waals surface area contributed by atoms with Gasteiger partial charge in [-0.25, -0.2) is 10.2 Å². The van der Waals surface area contributed by atoms with Gasteiger partial charge < -0.3 is 63.3 Å². The van der Waals surface area contributed by atoms with Gasteiger partial charge in [0.15, 0.2) is 18.4 Å². The molecule has 0 saturated carbocycles. The van der Waals surface area contributed by atoms with E-state index in [9.17, 15) is 19.8 Å². The van der Waals surface area contributed by atoms with Crippen molar-refractivity contribution in [3.8, 4) is 0 Å². The lowest BCUT2D eigenvalue weighted by molar-refractivity contribution is -0.305. The fourth-order valence-corrected chi connectivity index (χ4v) is 11.0. The maximum Gasteiger partial charge on any atom is 0.332 e. The van der Waals surface area contributed by atoms with Crippen molar-refractivity contribution in [2.24, 2.45) is 34.5 Å². The summed E-state index contributed by atoms with van der Waals surface area (Å²) in [5.41, 5.74) is 8.21. The third-order valence-electron chi connectivity index (χ3n) is 15.0. The van der Waals surface area contributed by atoms with E-state index in [1.807, 2.05) is 39.0 Å². The molecule has 0 aromatic heterocycles. The van der Waals surface area contributed by atoms with Crippen LogP contribution in [-0.4, -0.2) is 140 Å². The molecule has 68 heavy (non-hydrogen) atoms. The number of carbonyl (C=O) groups is 2. The SMILES string of the molecule is CCC(C)C1OC2(C=CC1C)CC1CC(C/C=C(\C)C(OC3CC(OC)C(OC4CC(OC)/C(=C/C=N/NC(N)=O)C(C)O4)C(C)O3)C(C)/C=C/C=C3\COC4C(O)C(C)=CC(C(=O)O1)C34O)O2. The van der Waals surface area contributed by atoms with Crippen LogP contribution in [0.2, 0.25) is 0 Å². The molecule has 19 unspecified atom stereocenters. The second-order valence-electron chi connectivity index (χ2n) is 19.8. The summed E-state index contributed by atoms with van der Waals surface area (Å²) in [6.07, 6.45) is 12.3. The number of allylic oxidation sites excluding steroid dienone is 3. The van der Waals surface area contributed by atoms with Crippen molar-refractivity contribution >= 4 is 18.2 Å². The lowest BCUT2D eigenvalue weighted by Crippen LogP contribution is -2.58. The van der Waals surface area contributed by atoms with Gasteiger partial charge in [0.05, 0.1) is 49.3 Å². The van der Waals surface area contributed by atoms with E-state index < -0.39 is 90.7 Å². The summed E-state index contributed by atoms with van der Waals surface area (Å²) in [5, 5.41) is 27.6. The average molecular weight is 954 g/mol. The third kappa shape index (κ3) is 11.3. The molecule has 0 aromatic rings. The van der Waals surface area contributed by atoms with Crippen LogP contribution in [0.5, 0.6) is 0 Å². The second kappa shape index (κ2) is 22.2. The zero-order valence-corrected chi connectivity index (χ0v) is 41.3. The highest BCUT2D eigenvalue weighted by Gasteiger charge is 2.60. The van der Waals surface area contributed by atoms with Crippen molar-refractivity contribution in [2.45, 2.75) is 185 Å². The Bertz CT molecular complexity index is 2020. The maximum absolute atomic E-state index is 14.4. The van der Waals surface area contributed by atoms with Crippen molar-refractivity contribution in [1.29, 1.82) is 0 Å². The summed E-state index contributed by atoms with van der Waals surface area (Å²) < 4.78 is 64.6. The van der Waals surface area contributed by atoms with Gasteiger partial charge in [-0.05, 0) is 74.5 Å². The Morgan fingerprint density at radius 3 is 2.50 bits per heavy atom. The first-order valence-corrected chi connectivity index (χ1v) is 24.4. The molecule has 7 rings (SSSR count). The summed E-state index contributed by atoms with van der Waals surface area (Å²) in [6, 6.07) is -0.766. The maximum atomic E-state index is 14.4. The number of carbonyl (C=O) groups excluding carboxylic acids is 2. The summed E-state index contributed by atoms with van der Waals surface area (Å²) in [6.45, 7) is 16.1. The smallest absolute Gasteiger partial charge is 0.332 e. The molecule has 7 aliphatic rings. The Balaban J connectivity index is 1.14. The van der Waals surface area contributed by atoms with Crippen LogP contribution >= 0.6 is 0 Å². The van der Waals surface area contributed by atoms with E-state index in [-0.39, 0.29) is 49.1 Å². The van der Waals surface area contributed by atoms with Gasteiger partial charge in [-0.3, -0.25) is 4.79 Å². The topological polar surface area (TPSA) is 217 Å². The first kappa shape index (κ1) is 52.2. The number of fused-ring (bicyclic) bond motifs is 2.